The number of ether oxygens (including phenoxy) is 1. The average Bonchev–Trinajstić information content (AvgIpc) is 3.75. The molecular weight excluding hydrogens is 662 g/mol. The summed E-state index contributed by atoms with van der Waals surface area (Å²) in [6, 6.07) is 26.6. The number of fused-ring (bicyclic) bond motifs is 1. The molecule has 3 fully saturated rings. The molecule has 50 heavy (non-hydrogen) atoms. The lowest BCUT2D eigenvalue weighted by atomic mass is 10.1. The van der Waals surface area contributed by atoms with Gasteiger partial charge < -0.3 is 19.4 Å². The maximum atomic E-state index is 7.57. The minimum Gasteiger partial charge on any atom is -0.400 e. The van der Waals surface area contributed by atoms with Crippen molar-refractivity contribution in [2.24, 2.45) is 0 Å². The van der Waals surface area contributed by atoms with Gasteiger partial charge in [0.2, 0.25) is 5.95 Å². The molecule has 1 aliphatic carbocycles. The normalized spacial score (nSPS) is 20.5. The van der Waals surface area contributed by atoms with E-state index >= 15 is 0 Å². The fraction of sp³-hybridized carbons (Fsp3) is 0.410. The molecule has 3 aromatic carbocycles. The second kappa shape index (κ2) is 13.4. The second-order valence-corrected chi connectivity index (χ2v) is 19.6. The molecule has 0 radical (unpaired) electrons. The number of nitrogens with zero attached hydrogens (tertiary/aromatic N) is 6. The van der Waals surface area contributed by atoms with Crippen molar-refractivity contribution >= 4 is 58.5 Å². The van der Waals surface area contributed by atoms with Crippen LogP contribution in [0.3, 0.4) is 0 Å². The zero-order valence-electron chi connectivity index (χ0n) is 29.3. The van der Waals surface area contributed by atoms with Gasteiger partial charge in [-0.1, -0.05) is 93.0 Å². The van der Waals surface area contributed by atoms with Gasteiger partial charge in [0.25, 0.3) is 8.32 Å². The Labute approximate surface area is 300 Å². The van der Waals surface area contributed by atoms with E-state index in [1.807, 2.05) is 18.5 Å². The number of rotatable bonds is 9. The standard InChI is InChI=1S/C39H46ClN7O2Si/c1-27-34(24-42-47(27)29-15-16-29)44-38-41-23-28-21-32(40)35(22-33(28)43-38)45-17-19-46(20-18-45)36-25-48-26-37(36)49-50(39(2,3)4,30-11-7-5-8-12-30)31-13-9-6-10-14-31/h5-14,21-24,29,36-37H,15-20,25-26H2,1-4H3,(H,41,43,44). The van der Waals surface area contributed by atoms with Gasteiger partial charge in [-0.25, -0.2) is 9.97 Å². The van der Waals surface area contributed by atoms with Crippen LogP contribution in [0.4, 0.5) is 17.3 Å². The first kappa shape index (κ1) is 33.3. The third kappa shape index (κ3) is 6.21. The molecule has 2 aliphatic heterocycles. The molecule has 2 unspecified atom stereocenters. The SMILES string of the molecule is Cc1c(Nc2ncc3cc(Cl)c(N4CCN(C5COCC5O[Si](c5ccccc5)(c5ccccc5)C(C)(C)C)CC4)cc3n2)cnn1C1CC1. The molecule has 0 bridgehead atoms. The largest absolute Gasteiger partial charge is 0.400 e. The monoisotopic (exact) mass is 707 g/mol. The van der Waals surface area contributed by atoms with Gasteiger partial charge in [-0.15, -0.1) is 0 Å². The number of halogens is 1. The molecule has 5 aromatic rings. The fourth-order valence-corrected chi connectivity index (χ4v) is 12.9. The summed E-state index contributed by atoms with van der Waals surface area (Å²) in [7, 11) is -2.71. The van der Waals surface area contributed by atoms with Crippen molar-refractivity contribution in [2.45, 2.75) is 63.8 Å². The maximum absolute atomic E-state index is 7.57. The van der Waals surface area contributed by atoms with Crippen molar-refractivity contribution in [3.63, 3.8) is 0 Å². The van der Waals surface area contributed by atoms with Crippen LogP contribution in [-0.2, 0) is 9.16 Å². The molecule has 2 atom stereocenters. The molecule has 0 amide bonds. The molecule has 2 aromatic heterocycles. The third-order valence-corrected chi connectivity index (χ3v) is 16.1. The van der Waals surface area contributed by atoms with Crippen LogP contribution < -0.4 is 20.6 Å². The number of aromatic nitrogens is 4. The Balaban J connectivity index is 0.997. The van der Waals surface area contributed by atoms with E-state index in [2.05, 4.69) is 124 Å². The zero-order valence-corrected chi connectivity index (χ0v) is 31.1. The number of hydrogen-bond donors (Lipinski definition) is 1. The van der Waals surface area contributed by atoms with Gasteiger partial charge in [-0.2, -0.15) is 5.10 Å². The van der Waals surface area contributed by atoms with Crippen LogP contribution in [0, 0.1) is 6.92 Å². The zero-order chi connectivity index (χ0) is 34.5. The van der Waals surface area contributed by atoms with E-state index in [-0.39, 0.29) is 17.2 Å². The highest BCUT2D eigenvalue weighted by molar-refractivity contribution is 6.99. The van der Waals surface area contributed by atoms with E-state index in [1.165, 1.54) is 23.2 Å². The molecular formula is C39H46ClN7O2Si. The molecule has 0 spiro atoms. The minimum atomic E-state index is -2.71. The molecule has 260 valence electrons. The third-order valence-electron chi connectivity index (χ3n) is 10.7. The van der Waals surface area contributed by atoms with Crippen molar-refractivity contribution in [3.05, 3.63) is 95.9 Å². The van der Waals surface area contributed by atoms with Crippen LogP contribution in [0.2, 0.25) is 10.1 Å². The molecule has 4 heterocycles. The van der Waals surface area contributed by atoms with Gasteiger partial charge >= 0.3 is 0 Å². The van der Waals surface area contributed by atoms with Gasteiger partial charge in [-0.05, 0) is 47.3 Å². The first-order valence-electron chi connectivity index (χ1n) is 17.8. The average molecular weight is 708 g/mol. The molecule has 8 rings (SSSR count). The molecule has 3 aliphatic rings. The van der Waals surface area contributed by atoms with Crippen molar-refractivity contribution in [2.75, 3.05) is 49.6 Å². The Morgan fingerprint density at radius 1 is 0.900 bits per heavy atom. The number of benzene rings is 3. The predicted molar refractivity (Wildman–Crippen MR) is 204 cm³/mol. The number of nitrogens with one attached hydrogen (secondary N) is 1. The van der Waals surface area contributed by atoms with Crippen LogP contribution >= 0.6 is 11.6 Å². The van der Waals surface area contributed by atoms with Crippen LogP contribution in [-0.4, -0.2) is 84.5 Å². The quantitative estimate of drug-likeness (QED) is 0.178. The Morgan fingerprint density at radius 2 is 1.58 bits per heavy atom. The Morgan fingerprint density at radius 3 is 2.22 bits per heavy atom. The number of piperazine rings is 1. The molecule has 1 N–H and O–H groups in total. The van der Waals surface area contributed by atoms with Crippen LogP contribution in [0.15, 0.2) is 85.2 Å². The van der Waals surface area contributed by atoms with E-state index in [9.17, 15) is 0 Å². The van der Waals surface area contributed by atoms with Gasteiger partial charge in [0, 0.05) is 37.8 Å². The Kier molecular flexibility index (Phi) is 8.93. The lowest BCUT2D eigenvalue weighted by Gasteiger charge is -2.47. The van der Waals surface area contributed by atoms with Crippen molar-refractivity contribution in [1.82, 2.24) is 24.6 Å². The topological polar surface area (TPSA) is 80.6 Å². The summed E-state index contributed by atoms with van der Waals surface area (Å²) in [5, 5.41) is 12.1. The van der Waals surface area contributed by atoms with Crippen molar-refractivity contribution in [3.8, 4) is 0 Å². The maximum Gasteiger partial charge on any atom is 0.261 e. The molecule has 1 saturated carbocycles. The van der Waals surface area contributed by atoms with Gasteiger partial charge in [0.15, 0.2) is 0 Å². The lowest BCUT2D eigenvalue weighted by Crippen LogP contribution is -2.69. The number of hydrogen-bond acceptors (Lipinski definition) is 8. The summed E-state index contributed by atoms with van der Waals surface area (Å²) in [5.41, 5.74) is 3.91. The van der Waals surface area contributed by atoms with Crippen LogP contribution in [0.1, 0.15) is 45.3 Å². The first-order valence-corrected chi connectivity index (χ1v) is 20.1. The highest BCUT2D eigenvalue weighted by atomic mass is 35.5. The van der Waals surface area contributed by atoms with Crippen LogP contribution in [0.25, 0.3) is 10.9 Å². The highest BCUT2D eigenvalue weighted by Gasteiger charge is 2.53. The second-order valence-electron chi connectivity index (χ2n) is 14.9. The van der Waals surface area contributed by atoms with Gasteiger partial charge in [0.1, 0.15) is 0 Å². The first-order chi connectivity index (χ1) is 24.2. The van der Waals surface area contributed by atoms with E-state index in [0.29, 0.717) is 30.2 Å². The minimum absolute atomic E-state index is 0.0280. The van der Waals surface area contributed by atoms with E-state index in [0.717, 1.165) is 54.2 Å². The summed E-state index contributed by atoms with van der Waals surface area (Å²) < 4.78 is 15.9. The van der Waals surface area contributed by atoms with E-state index in [4.69, 9.17) is 25.7 Å². The lowest BCUT2D eigenvalue weighted by molar-refractivity contribution is 0.0883. The van der Waals surface area contributed by atoms with E-state index in [1.54, 1.807) is 0 Å². The summed E-state index contributed by atoms with van der Waals surface area (Å²) in [5.74, 6) is 0.558. The molecule has 2 saturated heterocycles. The summed E-state index contributed by atoms with van der Waals surface area (Å²) in [6.07, 6.45) is 6.06. The summed E-state index contributed by atoms with van der Waals surface area (Å²) >= 11 is 6.91. The predicted octanol–water partition coefficient (Wildman–Crippen LogP) is 6.33. The van der Waals surface area contributed by atoms with Crippen molar-refractivity contribution in [1.29, 1.82) is 0 Å². The van der Waals surface area contributed by atoms with E-state index < -0.39 is 8.32 Å². The molecule has 11 heteroatoms. The number of anilines is 3. The van der Waals surface area contributed by atoms with Gasteiger partial charge in [0.05, 0.1) is 65.2 Å². The van der Waals surface area contributed by atoms with Crippen LogP contribution in [0.5, 0.6) is 0 Å². The Hall–Kier alpha value is -3.80. The smallest absolute Gasteiger partial charge is 0.261 e. The van der Waals surface area contributed by atoms with Gasteiger partial charge in [-0.3, -0.25) is 9.58 Å². The highest BCUT2D eigenvalue weighted by Crippen LogP contribution is 2.40. The van der Waals surface area contributed by atoms with Crippen molar-refractivity contribution < 1.29 is 9.16 Å². The fourth-order valence-electron chi connectivity index (χ4n) is 7.89. The Bertz CT molecular complexity index is 1920. The molecule has 9 nitrogen and oxygen atoms in total. The summed E-state index contributed by atoms with van der Waals surface area (Å²) in [6.45, 7) is 13.9. The summed E-state index contributed by atoms with van der Waals surface area (Å²) in [4.78, 5) is 14.4.